The van der Waals surface area contributed by atoms with Gasteiger partial charge in [0, 0.05) is 6.07 Å². The average molecular weight is 270 g/mol. The lowest BCUT2D eigenvalue weighted by atomic mass is 9.97. The minimum absolute atomic E-state index is 0.0784. The van der Waals surface area contributed by atoms with Crippen molar-refractivity contribution in [1.29, 1.82) is 0 Å². The number of carboxylic acid groups (broad SMARTS) is 1. The number of Topliss-reactive ketones (excluding diaryl/α,β-unsaturated/α-hetero) is 1. The second-order valence-corrected chi connectivity index (χ2v) is 4.90. The first-order valence-corrected chi connectivity index (χ1v) is 6.00. The van der Waals surface area contributed by atoms with Crippen LogP contribution in [0, 0.1) is 11.6 Å². The first-order chi connectivity index (χ1) is 8.50. The van der Waals surface area contributed by atoms with E-state index in [0.717, 1.165) is 12.1 Å². The molecule has 2 heterocycles. The molecule has 18 heavy (non-hydrogen) atoms. The summed E-state index contributed by atoms with van der Waals surface area (Å²) in [7, 11) is 0. The van der Waals surface area contributed by atoms with E-state index < -0.39 is 23.4 Å². The molecule has 0 aliphatic carbocycles. The van der Waals surface area contributed by atoms with E-state index in [9.17, 15) is 18.4 Å². The van der Waals surface area contributed by atoms with E-state index in [1.807, 2.05) is 0 Å². The Kier molecular flexibility index (Phi) is 2.29. The molecule has 0 radical (unpaired) electrons. The minimum Gasteiger partial charge on any atom is -0.477 e. The van der Waals surface area contributed by atoms with Gasteiger partial charge in [-0.25, -0.2) is 13.6 Å². The number of quaternary nitrogens is 1. The largest absolute Gasteiger partial charge is 0.477 e. The van der Waals surface area contributed by atoms with Crippen LogP contribution in [-0.2, 0) is 4.79 Å². The lowest BCUT2D eigenvalue weighted by Crippen LogP contribution is -3.10. The fourth-order valence-corrected chi connectivity index (χ4v) is 3.08. The second-order valence-electron chi connectivity index (χ2n) is 3.92. The number of carbonyl (C=O) groups excluding carboxylic acids is 1. The summed E-state index contributed by atoms with van der Waals surface area (Å²) < 4.78 is 26.3. The minimum atomic E-state index is -1.34. The molecule has 1 unspecified atom stereocenters. The van der Waals surface area contributed by atoms with E-state index in [-0.39, 0.29) is 11.1 Å². The fraction of sp³-hybridized carbons (Fsp3) is 0.0909. The monoisotopic (exact) mass is 270 g/mol. The van der Waals surface area contributed by atoms with Gasteiger partial charge in [-0.15, -0.1) is 0 Å². The lowest BCUT2D eigenvalue weighted by Gasteiger charge is -2.33. The number of ketones is 1. The third-order valence-electron chi connectivity index (χ3n) is 2.93. The number of carbonyl (C=O) groups is 2. The molecule has 2 N–H and O–H groups in total. The molecule has 0 bridgehead atoms. The van der Waals surface area contributed by atoms with E-state index in [1.54, 1.807) is 0 Å². The molecule has 1 atom stereocenters. The number of nitrogens with one attached hydrogen (secondary N) is 1. The van der Waals surface area contributed by atoms with Crippen molar-refractivity contribution < 1.29 is 28.4 Å². The van der Waals surface area contributed by atoms with Crippen LogP contribution in [0.5, 0.6) is 0 Å². The molecular weight excluding hydrogens is 264 g/mol. The van der Waals surface area contributed by atoms with Crippen molar-refractivity contribution in [2.75, 3.05) is 5.88 Å². The van der Waals surface area contributed by atoms with Gasteiger partial charge in [0.1, 0.15) is 5.88 Å². The van der Waals surface area contributed by atoms with Gasteiger partial charge in [0.05, 0.1) is 5.56 Å². The van der Waals surface area contributed by atoms with Crippen LogP contribution in [0.25, 0.3) is 0 Å². The number of thioether (sulfide) groups is 1. The predicted octanol–water partition coefficient (Wildman–Crippen LogP) is 0.678. The van der Waals surface area contributed by atoms with Crippen LogP contribution in [0.2, 0.25) is 0 Å². The third kappa shape index (κ3) is 1.34. The molecule has 2 aliphatic heterocycles. The summed E-state index contributed by atoms with van der Waals surface area (Å²) in [5.74, 6) is -3.79. The van der Waals surface area contributed by atoms with Crippen LogP contribution >= 0.6 is 11.8 Å². The van der Waals surface area contributed by atoms with Gasteiger partial charge in [-0.05, 0) is 17.8 Å². The maximum absolute atomic E-state index is 13.2. The van der Waals surface area contributed by atoms with Crippen LogP contribution in [0.1, 0.15) is 10.4 Å². The van der Waals surface area contributed by atoms with E-state index in [2.05, 4.69) is 0 Å². The number of hydrogen-bond donors (Lipinski definition) is 2. The summed E-state index contributed by atoms with van der Waals surface area (Å²) in [6.07, 6.45) is 0. The molecule has 4 nitrogen and oxygen atoms in total. The maximum atomic E-state index is 13.2. The Morgan fingerprint density at radius 1 is 1.33 bits per heavy atom. The van der Waals surface area contributed by atoms with Crippen LogP contribution in [-0.4, -0.2) is 22.7 Å². The first-order valence-electron chi connectivity index (χ1n) is 5.01. The number of halogens is 2. The molecular formula is C11H6F2NO3S+. The number of benzene rings is 1. The highest BCUT2D eigenvalue weighted by Crippen LogP contribution is 2.33. The van der Waals surface area contributed by atoms with Crippen molar-refractivity contribution in [3.05, 3.63) is 39.9 Å². The summed E-state index contributed by atoms with van der Waals surface area (Å²) in [5.41, 5.74) is -0.122. The fourth-order valence-electron chi connectivity index (χ4n) is 2.06. The third-order valence-corrected chi connectivity index (χ3v) is 4.11. The molecule has 0 spiro atoms. The van der Waals surface area contributed by atoms with E-state index >= 15 is 0 Å². The van der Waals surface area contributed by atoms with Crippen molar-refractivity contribution in [3.8, 4) is 0 Å². The second kappa shape index (κ2) is 3.63. The highest BCUT2D eigenvalue weighted by Gasteiger charge is 2.46. The Morgan fingerprint density at radius 3 is 2.56 bits per heavy atom. The molecule has 2 aliphatic rings. The zero-order chi connectivity index (χ0) is 13.0. The molecule has 1 aromatic carbocycles. The summed E-state index contributed by atoms with van der Waals surface area (Å²) in [6.45, 7) is 0. The maximum Gasteiger partial charge on any atom is 0.346 e. The van der Waals surface area contributed by atoms with Gasteiger partial charge in [-0.2, -0.15) is 0 Å². The lowest BCUT2D eigenvalue weighted by molar-refractivity contribution is -0.780. The summed E-state index contributed by atoms with van der Waals surface area (Å²) >= 11 is 1.23. The van der Waals surface area contributed by atoms with Crippen molar-refractivity contribution in [1.82, 2.24) is 0 Å². The number of carboxylic acids is 1. The van der Waals surface area contributed by atoms with Crippen LogP contribution in [0.4, 0.5) is 14.5 Å². The predicted molar refractivity (Wildman–Crippen MR) is 58.4 cm³/mol. The van der Waals surface area contributed by atoms with Crippen molar-refractivity contribution >= 4 is 29.2 Å². The number of aliphatic carboxylic acids is 1. The van der Waals surface area contributed by atoms with Crippen LogP contribution < -0.4 is 4.90 Å². The molecule has 7 heteroatoms. The van der Waals surface area contributed by atoms with Gasteiger partial charge in [-0.3, -0.25) is 9.69 Å². The number of hydrogen-bond acceptors (Lipinski definition) is 3. The van der Waals surface area contributed by atoms with Gasteiger partial charge in [-0.1, -0.05) is 0 Å². The SMILES string of the molecule is O=C(O)C1=C2SC[NH+]2c2cc(F)c(F)cc2C1=O. The Balaban J connectivity index is 2.25. The highest BCUT2D eigenvalue weighted by molar-refractivity contribution is 8.03. The molecule has 0 saturated carbocycles. The summed E-state index contributed by atoms with van der Waals surface area (Å²) in [6, 6.07) is 1.72. The van der Waals surface area contributed by atoms with Crippen molar-refractivity contribution in [2.24, 2.45) is 0 Å². The first kappa shape index (κ1) is 11.4. The molecule has 1 fully saturated rings. The Morgan fingerprint density at radius 2 is 2.00 bits per heavy atom. The normalized spacial score (nSPS) is 21.2. The molecule has 1 saturated heterocycles. The van der Waals surface area contributed by atoms with Gasteiger partial charge in [0.2, 0.25) is 5.78 Å². The molecule has 92 valence electrons. The Labute approximate surface area is 104 Å². The van der Waals surface area contributed by atoms with Gasteiger partial charge < -0.3 is 5.11 Å². The van der Waals surface area contributed by atoms with Crippen LogP contribution in [0.15, 0.2) is 22.7 Å². The zero-order valence-electron chi connectivity index (χ0n) is 8.79. The molecule has 3 rings (SSSR count). The topological polar surface area (TPSA) is 58.8 Å². The van der Waals surface area contributed by atoms with Crippen molar-refractivity contribution in [3.63, 3.8) is 0 Å². The molecule has 0 amide bonds. The summed E-state index contributed by atoms with van der Waals surface area (Å²) in [4.78, 5) is 23.6. The average Bonchev–Trinajstić information content (AvgIpc) is 2.26. The number of rotatable bonds is 1. The van der Waals surface area contributed by atoms with E-state index in [0.29, 0.717) is 21.5 Å². The van der Waals surface area contributed by atoms with Crippen LogP contribution in [0.3, 0.4) is 0 Å². The standard InChI is InChI=1S/C11H5F2NO3S/c12-5-1-4-7(2-6(5)13)14-3-18-10(14)8(9(4)15)11(16)17/h1-2H,3H2,(H,16,17)/p+1. The van der Waals surface area contributed by atoms with Crippen molar-refractivity contribution in [2.45, 2.75) is 0 Å². The quantitative estimate of drug-likeness (QED) is 0.737. The summed E-state index contributed by atoms with van der Waals surface area (Å²) in [5, 5.41) is 9.37. The molecule has 1 aromatic rings. The van der Waals surface area contributed by atoms with Gasteiger partial charge in [0.15, 0.2) is 27.9 Å². The van der Waals surface area contributed by atoms with Gasteiger partial charge >= 0.3 is 5.97 Å². The van der Waals surface area contributed by atoms with E-state index in [1.165, 1.54) is 11.8 Å². The Hall–Kier alpha value is -1.73. The number of fused-ring (bicyclic) bond motifs is 3. The Bertz CT molecular complexity index is 641. The van der Waals surface area contributed by atoms with E-state index in [4.69, 9.17) is 5.11 Å². The zero-order valence-corrected chi connectivity index (χ0v) is 9.61. The smallest absolute Gasteiger partial charge is 0.346 e. The molecule has 0 aromatic heterocycles. The highest BCUT2D eigenvalue weighted by atomic mass is 32.2. The van der Waals surface area contributed by atoms with Gasteiger partial charge in [0.25, 0.3) is 0 Å².